The van der Waals surface area contributed by atoms with Gasteiger partial charge < -0.3 is 5.32 Å². The molecule has 1 heterocycles. The van der Waals surface area contributed by atoms with Crippen molar-refractivity contribution in [2.45, 2.75) is 19.9 Å². The van der Waals surface area contributed by atoms with E-state index in [1.165, 1.54) is 6.07 Å². The summed E-state index contributed by atoms with van der Waals surface area (Å²) in [5.74, 6) is -0.425. The first-order valence-corrected chi connectivity index (χ1v) is 5.95. The molecule has 0 bridgehead atoms. The van der Waals surface area contributed by atoms with Crippen LogP contribution in [0.4, 0.5) is 10.1 Å². The smallest absolute Gasteiger partial charge is 0.141 e. The Balaban J connectivity index is 2.19. The van der Waals surface area contributed by atoms with Crippen molar-refractivity contribution >= 4 is 17.3 Å². The molecule has 0 aliphatic carbocycles. The molecule has 0 saturated carbocycles. The van der Waals surface area contributed by atoms with Gasteiger partial charge in [0, 0.05) is 18.1 Å². The van der Waals surface area contributed by atoms with E-state index < -0.39 is 5.82 Å². The number of hydrogen-bond acceptors (Lipinski definition) is 3. The van der Waals surface area contributed by atoms with Crippen molar-refractivity contribution in [3.8, 4) is 0 Å². The van der Waals surface area contributed by atoms with Crippen LogP contribution >= 0.6 is 11.6 Å². The number of nitrogens with one attached hydrogen (secondary N) is 1. The fraction of sp³-hybridized carbons (Fsp3) is 0.231. The van der Waals surface area contributed by atoms with Gasteiger partial charge in [0.05, 0.1) is 22.5 Å². The zero-order valence-electron chi connectivity index (χ0n) is 10.1. The van der Waals surface area contributed by atoms with Gasteiger partial charge in [0.1, 0.15) is 5.82 Å². The maximum atomic E-state index is 13.0. The molecule has 1 unspecified atom stereocenters. The lowest BCUT2D eigenvalue weighted by Gasteiger charge is -2.16. The quantitative estimate of drug-likeness (QED) is 0.918. The van der Waals surface area contributed by atoms with Crippen molar-refractivity contribution < 1.29 is 4.39 Å². The summed E-state index contributed by atoms with van der Waals surface area (Å²) in [5.41, 5.74) is 2.47. The number of aryl methyl sites for hydroxylation is 1. The summed E-state index contributed by atoms with van der Waals surface area (Å²) < 4.78 is 13.0. The van der Waals surface area contributed by atoms with Gasteiger partial charge in [-0.05, 0) is 32.0 Å². The molecule has 94 valence electrons. The second kappa shape index (κ2) is 5.31. The predicted molar refractivity (Wildman–Crippen MR) is 70.2 cm³/mol. The zero-order chi connectivity index (χ0) is 13.1. The number of rotatable bonds is 3. The Labute approximate surface area is 110 Å². The normalized spacial score (nSPS) is 12.2. The first kappa shape index (κ1) is 12.8. The maximum absolute atomic E-state index is 13.0. The molecule has 18 heavy (non-hydrogen) atoms. The minimum atomic E-state index is -0.425. The Kier molecular flexibility index (Phi) is 3.77. The number of benzene rings is 1. The summed E-state index contributed by atoms with van der Waals surface area (Å²) in [7, 11) is 0. The molecule has 2 aromatic rings. The number of hydrogen-bond donors (Lipinski definition) is 1. The average Bonchev–Trinajstić information content (AvgIpc) is 2.34. The Bertz CT molecular complexity index is 560. The van der Waals surface area contributed by atoms with Crippen LogP contribution in [0.3, 0.4) is 0 Å². The van der Waals surface area contributed by atoms with E-state index in [-0.39, 0.29) is 11.1 Å². The second-order valence-electron chi connectivity index (χ2n) is 4.02. The highest BCUT2D eigenvalue weighted by atomic mass is 35.5. The van der Waals surface area contributed by atoms with Crippen LogP contribution in [-0.2, 0) is 0 Å². The standard InChI is InChI=1S/C13H13ClFN3/c1-8-13(17-6-5-16-8)9(2)18-10-3-4-12(15)11(14)7-10/h3-7,9,18H,1-2H3. The van der Waals surface area contributed by atoms with Crippen LogP contribution in [-0.4, -0.2) is 9.97 Å². The van der Waals surface area contributed by atoms with Crippen molar-refractivity contribution in [1.82, 2.24) is 9.97 Å². The molecule has 0 aliphatic heterocycles. The third kappa shape index (κ3) is 2.76. The Morgan fingerprint density at radius 1 is 1.28 bits per heavy atom. The highest BCUT2D eigenvalue weighted by Crippen LogP contribution is 2.23. The van der Waals surface area contributed by atoms with Gasteiger partial charge in [-0.3, -0.25) is 9.97 Å². The molecular formula is C13H13ClFN3. The van der Waals surface area contributed by atoms with Gasteiger partial charge in [0.15, 0.2) is 0 Å². The monoisotopic (exact) mass is 265 g/mol. The fourth-order valence-corrected chi connectivity index (χ4v) is 1.93. The van der Waals surface area contributed by atoms with E-state index in [1.54, 1.807) is 24.5 Å². The molecule has 0 radical (unpaired) electrons. The second-order valence-corrected chi connectivity index (χ2v) is 4.43. The molecule has 0 aliphatic rings. The summed E-state index contributed by atoms with van der Waals surface area (Å²) in [6.07, 6.45) is 3.30. The molecule has 5 heteroatoms. The Morgan fingerprint density at radius 3 is 2.67 bits per heavy atom. The largest absolute Gasteiger partial charge is 0.377 e. The van der Waals surface area contributed by atoms with Crippen LogP contribution in [0.15, 0.2) is 30.6 Å². The van der Waals surface area contributed by atoms with E-state index in [4.69, 9.17) is 11.6 Å². The minimum Gasteiger partial charge on any atom is -0.377 e. The van der Waals surface area contributed by atoms with Gasteiger partial charge >= 0.3 is 0 Å². The van der Waals surface area contributed by atoms with Gasteiger partial charge in [0.25, 0.3) is 0 Å². The van der Waals surface area contributed by atoms with Gasteiger partial charge in [-0.15, -0.1) is 0 Å². The van der Waals surface area contributed by atoms with Crippen molar-refractivity contribution in [3.63, 3.8) is 0 Å². The first-order valence-electron chi connectivity index (χ1n) is 5.57. The fourth-order valence-electron chi connectivity index (χ4n) is 1.75. The summed E-state index contributed by atoms with van der Waals surface area (Å²) >= 11 is 5.73. The molecule has 0 spiro atoms. The maximum Gasteiger partial charge on any atom is 0.141 e. The van der Waals surface area contributed by atoms with E-state index in [2.05, 4.69) is 15.3 Å². The van der Waals surface area contributed by atoms with Crippen LogP contribution in [0.1, 0.15) is 24.4 Å². The van der Waals surface area contributed by atoms with Gasteiger partial charge in [-0.25, -0.2) is 4.39 Å². The van der Waals surface area contributed by atoms with E-state index in [1.807, 2.05) is 13.8 Å². The third-order valence-corrected chi connectivity index (χ3v) is 2.92. The summed E-state index contributed by atoms with van der Waals surface area (Å²) in [6.45, 7) is 3.87. The molecular weight excluding hydrogens is 253 g/mol. The molecule has 2 rings (SSSR count). The van der Waals surface area contributed by atoms with Crippen LogP contribution in [0, 0.1) is 12.7 Å². The van der Waals surface area contributed by atoms with Crippen LogP contribution in [0.25, 0.3) is 0 Å². The SMILES string of the molecule is Cc1nccnc1C(C)Nc1ccc(F)c(Cl)c1. The van der Waals surface area contributed by atoms with E-state index >= 15 is 0 Å². The minimum absolute atomic E-state index is 0.0276. The van der Waals surface area contributed by atoms with Crippen LogP contribution < -0.4 is 5.32 Å². The van der Waals surface area contributed by atoms with Crippen LogP contribution in [0.2, 0.25) is 5.02 Å². The van der Waals surface area contributed by atoms with E-state index in [0.717, 1.165) is 17.1 Å². The van der Waals surface area contributed by atoms with Crippen molar-refractivity contribution in [1.29, 1.82) is 0 Å². The topological polar surface area (TPSA) is 37.8 Å². The molecule has 3 nitrogen and oxygen atoms in total. The summed E-state index contributed by atoms with van der Waals surface area (Å²) in [4.78, 5) is 8.47. The lowest BCUT2D eigenvalue weighted by atomic mass is 10.1. The number of aromatic nitrogens is 2. The molecule has 1 N–H and O–H groups in total. The van der Waals surface area contributed by atoms with E-state index in [0.29, 0.717) is 0 Å². The van der Waals surface area contributed by atoms with Crippen LogP contribution in [0.5, 0.6) is 0 Å². The molecule has 1 aromatic carbocycles. The lowest BCUT2D eigenvalue weighted by Crippen LogP contribution is -2.11. The van der Waals surface area contributed by atoms with Crippen molar-refractivity contribution in [3.05, 3.63) is 52.8 Å². The molecule has 0 saturated heterocycles. The molecule has 1 atom stereocenters. The first-order chi connectivity index (χ1) is 8.58. The molecule has 0 amide bonds. The summed E-state index contributed by atoms with van der Waals surface area (Å²) in [6, 6.07) is 4.50. The number of halogens is 2. The summed E-state index contributed by atoms with van der Waals surface area (Å²) in [5, 5.41) is 3.31. The average molecular weight is 266 g/mol. The molecule has 0 fully saturated rings. The zero-order valence-corrected chi connectivity index (χ0v) is 10.9. The molecule has 1 aromatic heterocycles. The third-order valence-electron chi connectivity index (χ3n) is 2.63. The van der Waals surface area contributed by atoms with E-state index in [9.17, 15) is 4.39 Å². The van der Waals surface area contributed by atoms with Gasteiger partial charge in [0.2, 0.25) is 0 Å². The highest BCUT2D eigenvalue weighted by Gasteiger charge is 2.11. The number of nitrogens with zero attached hydrogens (tertiary/aromatic N) is 2. The Morgan fingerprint density at radius 2 is 2.00 bits per heavy atom. The van der Waals surface area contributed by atoms with Crippen molar-refractivity contribution in [2.75, 3.05) is 5.32 Å². The van der Waals surface area contributed by atoms with Gasteiger partial charge in [-0.2, -0.15) is 0 Å². The van der Waals surface area contributed by atoms with Crippen molar-refractivity contribution in [2.24, 2.45) is 0 Å². The lowest BCUT2D eigenvalue weighted by molar-refractivity contribution is 0.628. The van der Waals surface area contributed by atoms with Gasteiger partial charge in [-0.1, -0.05) is 11.6 Å². The Hall–Kier alpha value is -1.68. The predicted octanol–water partition coefficient (Wildman–Crippen LogP) is 3.75. The highest BCUT2D eigenvalue weighted by molar-refractivity contribution is 6.31. The number of anilines is 1.